The van der Waals surface area contributed by atoms with Gasteiger partial charge in [0.15, 0.2) is 0 Å². The van der Waals surface area contributed by atoms with Crippen molar-refractivity contribution in [1.82, 2.24) is 14.5 Å². The number of hydrogen-bond donors (Lipinski definition) is 1. The molecule has 0 spiro atoms. The first-order chi connectivity index (χ1) is 18.2. The molecule has 0 fully saturated rings. The molecule has 38 heavy (non-hydrogen) atoms. The summed E-state index contributed by atoms with van der Waals surface area (Å²) in [6.45, 7) is 2.93. The third kappa shape index (κ3) is 7.10. The van der Waals surface area contributed by atoms with Gasteiger partial charge in [-0.3, -0.25) is 0 Å². The minimum Gasteiger partial charge on any atom is -0.487 e. The number of ether oxygens (including phenoxy) is 1. The Bertz CT molecular complexity index is 1390. The van der Waals surface area contributed by atoms with Crippen molar-refractivity contribution in [2.45, 2.75) is 52.1 Å². The van der Waals surface area contributed by atoms with Crippen LogP contribution in [-0.2, 0) is 32.4 Å². The fourth-order valence-corrected chi connectivity index (χ4v) is 3.95. The van der Waals surface area contributed by atoms with Crippen LogP contribution in [0, 0.1) is 12.7 Å². The maximum absolute atomic E-state index is 14.0. The smallest absolute Gasteiger partial charge is 0.416 e. The Kier molecular flexibility index (Phi) is 8.62. The van der Waals surface area contributed by atoms with Gasteiger partial charge in [-0.15, -0.1) is 0 Å². The monoisotopic (exact) mass is 529 g/mol. The standard InChI is InChI=1S/C28H27F4N3O3/c1-19-14-24(9-6-20(19)4-2-3-12-35-13-11-33-26(35)16-36)37-17-23-18-38-27(34-23)10-7-21-5-8-22(15-25(21)29)28(30,31)32/h5-11,13-15,18,36H,2-4,12,16-17H2,1H3/b10-7+. The Morgan fingerprint density at radius 1 is 1.11 bits per heavy atom. The number of imidazole rings is 1. The minimum absolute atomic E-state index is 0.0128. The number of oxazole rings is 1. The fraction of sp³-hybridized carbons (Fsp3) is 0.286. The highest BCUT2D eigenvalue weighted by Gasteiger charge is 2.31. The van der Waals surface area contributed by atoms with E-state index in [1.54, 1.807) is 6.20 Å². The number of alkyl halides is 3. The number of aliphatic hydroxyl groups is 1. The molecule has 0 bridgehead atoms. The number of aliphatic hydroxyl groups excluding tert-OH is 1. The highest BCUT2D eigenvalue weighted by molar-refractivity contribution is 5.66. The van der Waals surface area contributed by atoms with Gasteiger partial charge in [0.25, 0.3) is 0 Å². The molecule has 2 heterocycles. The highest BCUT2D eigenvalue weighted by Crippen LogP contribution is 2.30. The van der Waals surface area contributed by atoms with Crippen molar-refractivity contribution in [3.8, 4) is 5.75 Å². The van der Waals surface area contributed by atoms with E-state index in [1.165, 1.54) is 24.0 Å². The van der Waals surface area contributed by atoms with Crippen molar-refractivity contribution < 1.29 is 31.8 Å². The highest BCUT2D eigenvalue weighted by atomic mass is 19.4. The molecule has 10 heteroatoms. The van der Waals surface area contributed by atoms with Gasteiger partial charge in [0, 0.05) is 30.6 Å². The lowest BCUT2D eigenvalue weighted by atomic mass is 10.0. The van der Waals surface area contributed by atoms with Crippen LogP contribution in [0.4, 0.5) is 17.6 Å². The molecule has 0 saturated carbocycles. The summed E-state index contributed by atoms with van der Waals surface area (Å²) in [5.74, 6) is 0.547. The van der Waals surface area contributed by atoms with Gasteiger partial charge in [-0.25, -0.2) is 14.4 Å². The largest absolute Gasteiger partial charge is 0.487 e. The van der Waals surface area contributed by atoms with Crippen LogP contribution in [0.5, 0.6) is 5.75 Å². The van der Waals surface area contributed by atoms with Crippen LogP contribution in [0.3, 0.4) is 0 Å². The molecule has 2 aromatic carbocycles. The normalized spacial score (nSPS) is 11.9. The Morgan fingerprint density at radius 2 is 1.95 bits per heavy atom. The molecular formula is C28H27F4N3O3. The van der Waals surface area contributed by atoms with Crippen molar-refractivity contribution in [2.24, 2.45) is 0 Å². The molecule has 0 unspecified atom stereocenters. The van der Waals surface area contributed by atoms with Crippen LogP contribution in [0.1, 0.15) is 52.5 Å². The Morgan fingerprint density at radius 3 is 2.68 bits per heavy atom. The van der Waals surface area contributed by atoms with E-state index in [2.05, 4.69) is 9.97 Å². The number of rotatable bonds is 11. The Balaban J connectivity index is 1.26. The van der Waals surface area contributed by atoms with Gasteiger partial charge in [-0.1, -0.05) is 12.1 Å². The maximum atomic E-state index is 14.0. The summed E-state index contributed by atoms with van der Waals surface area (Å²) in [6.07, 6.45) is 5.93. The third-order valence-electron chi connectivity index (χ3n) is 6.04. The average molecular weight is 530 g/mol. The summed E-state index contributed by atoms with van der Waals surface area (Å²) < 4.78 is 65.2. The summed E-state index contributed by atoms with van der Waals surface area (Å²) in [4.78, 5) is 8.36. The van der Waals surface area contributed by atoms with E-state index in [-0.39, 0.29) is 24.7 Å². The molecule has 0 radical (unpaired) electrons. The van der Waals surface area contributed by atoms with Crippen molar-refractivity contribution >= 4 is 12.2 Å². The summed E-state index contributed by atoms with van der Waals surface area (Å²) in [5.41, 5.74) is 1.80. The first kappa shape index (κ1) is 27.1. The molecule has 0 aliphatic rings. The molecule has 0 amide bonds. The van der Waals surface area contributed by atoms with Gasteiger partial charge in [0.1, 0.15) is 42.6 Å². The Hall–Kier alpha value is -3.92. The van der Waals surface area contributed by atoms with Crippen molar-refractivity contribution in [3.05, 3.63) is 101 Å². The number of halogens is 4. The van der Waals surface area contributed by atoms with Gasteiger partial charge in [-0.2, -0.15) is 13.2 Å². The maximum Gasteiger partial charge on any atom is 0.416 e. The first-order valence-electron chi connectivity index (χ1n) is 12.1. The van der Waals surface area contributed by atoms with E-state index in [4.69, 9.17) is 9.15 Å². The molecule has 0 aliphatic carbocycles. The molecule has 6 nitrogen and oxygen atoms in total. The average Bonchev–Trinajstić information content (AvgIpc) is 3.54. The van der Waals surface area contributed by atoms with E-state index in [1.807, 2.05) is 35.9 Å². The minimum atomic E-state index is -4.60. The first-order valence-corrected chi connectivity index (χ1v) is 12.1. The Labute approximate surface area is 217 Å². The summed E-state index contributed by atoms with van der Waals surface area (Å²) >= 11 is 0. The zero-order chi connectivity index (χ0) is 27.1. The second-order valence-electron chi connectivity index (χ2n) is 8.77. The molecule has 200 valence electrons. The summed E-state index contributed by atoms with van der Waals surface area (Å²) in [7, 11) is 0. The van der Waals surface area contributed by atoms with Crippen LogP contribution >= 0.6 is 0 Å². The van der Waals surface area contributed by atoms with Gasteiger partial charge >= 0.3 is 6.18 Å². The number of hydrogen-bond acceptors (Lipinski definition) is 5. The van der Waals surface area contributed by atoms with Crippen molar-refractivity contribution in [2.75, 3.05) is 0 Å². The number of benzene rings is 2. The quantitative estimate of drug-likeness (QED) is 0.175. The van der Waals surface area contributed by atoms with Crippen molar-refractivity contribution in [3.63, 3.8) is 0 Å². The van der Waals surface area contributed by atoms with Gasteiger partial charge in [-0.05, 0) is 67.7 Å². The van der Waals surface area contributed by atoms with Crippen LogP contribution in [-0.4, -0.2) is 19.6 Å². The predicted molar refractivity (Wildman–Crippen MR) is 133 cm³/mol. The molecule has 0 saturated heterocycles. The van der Waals surface area contributed by atoms with E-state index in [0.29, 0.717) is 23.3 Å². The lowest BCUT2D eigenvalue weighted by molar-refractivity contribution is -0.137. The number of aryl methyl sites for hydroxylation is 3. The molecule has 0 aliphatic heterocycles. The van der Waals surface area contributed by atoms with Crippen molar-refractivity contribution in [1.29, 1.82) is 0 Å². The fourth-order valence-electron chi connectivity index (χ4n) is 3.95. The molecule has 2 aromatic heterocycles. The molecule has 1 N–H and O–H groups in total. The number of nitrogens with zero attached hydrogens (tertiary/aromatic N) is 3. The lowest BCUT2D eigenvalue weighted by Gasteiger charge is -2.10. The molecule has 4 rings (SSSR count). The van der Waals surface area contributed by atoms with Gasteiger partial charge in [0.05, 0.1) is 5.56 Å². The molecular weight excluding hydrogens is 502 g/mol. The summed E-state index contributed by atoms with van der Waals surface area (Å²) in [5, 5.41) is 9.28. The second kappa shape index (κ2) is 12.1. The van der Waals surface area contributed by atoms with Gasteiger partial charge in [0.2, 0.25) is 5.89 Å². The van der Waals surface area contributed by atoms with E-state index in [0.717, 1.165) is 43.5 Å². The number of unbranched alkanes of at least 4 members (excludes halogenated alkanes) is 1. The van der Waals surface area contributed by atoms with E-state index >= 15 is 0 Å². The summed E-state index contributed by atoms with van der Waals surface area (Å²) in [6, 6.07) is 8.23. The topological polar surface area (TPSA) is 73.3 Å². The molecule has 0 atom stereocenters. The third-order valence-corrected chi connectivity index (χ3v) is 6.04. The van der Waals surface area contributed by atoms with Crippen LogP contribution in [0.15, 0.2) is 59.5 Å². The van der Waals surface area contributed by atoms with Crippen LogP contribution in [0.2, 0.25) is 0 Å². The van der Waals surface area contributed by atoms with Gasteiger partial charge < -0.3 is 18.8 Å². The predicted octanol–water partition coefficient (Wildman–Crippen LogP) is 6.60. The SMILES string of the molecule is Cc1cc(OCc2coc(/C=C/c3ccc(C(F)(F)F)cc3F)n2)ccc1CCCCn1ccnc1CO. The zero-order valence-corrected chi connectivity index (χ0v) is 20.7. The lowest BCUT2D eigenvalue weighted by Crippen LogP contribution is -2.05. The van der Waals surface area contributed by atoms with E-state index in [9.17, 15) is 22.7 Å². The van der Waals surface area contributed by atoms with Crippen LogP contribution in [0.25, 0.3) is 12.2 Å². The van der Waals surface area contributed by atoms with Crippen LogP contribution < -0.4 is 4.74 Å². The number of aromatic nitrogens is 3. The molecule has 4 aromatic rings. The second-order valence-corrected chi connectivity index (χ2v) is 8.77. The zero-order valence-electron chi connectivity index (χ0n) is 20.7. The van der Waals surface area contributed by atoms with E-state index < -0.39 is 17.6 Å².